The lowest BCUT2D eigenvalue weighted by Gasteiger charge is -2.40. The topological polar surface area (TPSA) is 65.6 Å². The number of nitrogens with zero attached hydrogens (tertiary/aromatic N) is 2. The van der Waals surface area contributed by atoms with Gasteiger partial charge in [0.25, 0.3) is 0 Å². The molecule has 0 spiro atoms. The summed E-state index contributed by atoms with van der Waals surface area (Å²) in [6.07, 6.45) is 1.82. The summed E-state index contributed by atoms with van der Waals surface area (Å²) in [6.45, 7) is 5.05. The molecular weight excluding hydrogens is 366 g/mol. The molecule has 1 aromatic heterocycles. The summed E-state index contributed by atoms with van der Waals surface area (Å²) in [4.78, 5) is 32.2. The van der Waals surface area contributed by atoms with Gasteiger partial charge in [0.2, 0.25) is 0 Å². The Morgan fingerprint density at radius 2 is 1.86 bits per heavy atom. The number of aromatic amines is 1. The van der Waals surface area contributed by atoms with Crippen molar-refractivity contribution in [2.75, 3.05) is 38.2 Å². The number of carbonyl (C=O) groups excluding carboxylic acids is 2. The van der Waals surface area contributed by atoms with Crippen molar-refractivity contribution in [1.82, 2.24) is 9.88 Å². The molecule has 1 atom stereocenters. The maximum atomic E-state index is 12.9. The van der Waals surface area contributed by atoms with Gasteiger partial charge >= 0.3 is 5.97 Å². The minimum atomic E-state index is -0.328. The number of ether oxygens (including phenoxy) is 1. The predicted molar refractivity (Wildman–Crippen MR) is 114 cm³/mol. The number of rotatable bonds is 5. The fourth-order valence-electron chi connectivity index (χ4n) is 3.96. The summed E-state index contributed by atoms with van der Waals surface area (Å²) in [5, 5.41) is 0.981. The number of H-pyrrole nitrogens is 1. The van der Waals surface area contributed by atoms with E-state index in [1.165, 1.54) is 7.11 Å². The molecule has 0 bridgehead atoms. The first-order chi connectivity index (χ1) is 14.1. The lowest BCUT2D eigenvalue weighted by Crippen LogP contribution is -2.53. The monoisotopic (exact) mass is 391 g/mol. The molecule has 0 saturated carbocycles. The lowest BCUT2D eigenvalue weighted by molar-refractivity contribution is 0.0600. The molecule has 1 saturated heterocycles. The average Bonchev–Trinajstić information content (AvgIpc) is 3.19. The Morgan fingerprint density at radius 3 is 2.59 bits per heavy atom. The van der Waals surface area contributed by atoms with Gasteiger partial charge in [-0.2, -0.15) is 0 Å². The Morgan fingerprint density at radius 1 is 1.10 bits per heavy atom. The average molecular weight is 391 g/mol. The van der Waals surface area contributed by atoms with Crippen LogP contribution in [-0.4, -0.2) is 61.0 Å². The third-order valence-corrected chi connectivity index (χ3v) is 5.65. The van der Waals surface area contributed by atoms with Crippen molar-refractivity contribution >= 4 is 28.3 Å². The van der Waals surface area contributed by atoms with Crippen molar-refractivity contribution in [3.63, 3.8) is 0 Å². The van der Waals surface area contributed by atoms with Crippen LogP contribution in [0.3, 0.4) is 0 Å². The van der Waals surface area contributed by atoms with E-state index in [0.29, 0.717) is 12.1 Å². The van der Waals surface area contributed by atoms with Crippen LogP contribution in [0.1, 0.15) is 27.6 Å². The minimum Gasteiger partial charge on any atom is -0.465 e. The van der Waals surface area contributed by atoms with E-state index in [9.17, 15) is 9.59 Å². The molecular formula is C23H25N3O3. The van der Waals surface area contributed by atoms with E-state index in [2.05, 4.69) is 21.7 Å². The second-order valence-corrected chi connectivity index (χ2v) is 7.48. The van der Waals surface area contributed by atoms with Crippen LogP contribution in [-0.2, 0) is 4.74 Å². The highest BCUT2D eigenvalue weighted by Gasteiger charge is 2.26. The number of nitrogens with one attached hydrogen (secondary N) is 1. The zero-order valence-electron chi connectivity index (χ0n) is 16.7. The summed E-state index contributed by atoms with van der Waals surface area (Å²) in [7, 11) is 1.38. The van der Waals surface area contributed by atoms with E-state index in [1.54, 1.807) is 12.1 Å². The number of methoxy groups -OCH3 is 1. The Balaban J connectivity index is 1.40. The fraction of sp³-hybridized carbons (Fsp3) is 0.304. The molecule has 6 nitrogen and oxygen atoms in total. The largest absolute Gasteiger partial charge is 0.465 e. The number of hydrogen-bond acceptors (Lipinski definition) is 5. The van der Waals surface area contributed by atoms with Gasteiger partial charge in [0.15, 0.2) is 5.78 Å². The number of anilines is 1. The van der Waals surface area contributed by atoms with Crippen molar-refractivity contribution in [3.8, 4) is 0 Å². The van der Waals surface area contributed by atoms with Crippen LogP contribution in [0.2, 0.25) is 0 Å². The third-order valence-electron chi connectivity index (χ3n) is 5.65. The summed E-state index contributed by atoms with van der Waals surface area (Å²) < 4.78 is 4.75. The van der Waals surface area contributed by atoms with E-state index in [4.69, 9.17) is 4.74 Å². The van der Waals surface area contributed by atoms with Gasteiger partial charge in [0, 0.05) is 54.0 Å². The van der Waals surface area contributed by atoms with Crippen LogP contribution in [0.5, 0.6) is 0 Å². The maximum absolute atomic E-state index is 12.9. The third kappa shape index (κ3) is 3.89. The normalized spacial score (nSPS) is 17.4. The molecule has 6 heteroatoms. The van der Waals surface area contributed by atoms with Gasteiger partial charge in [-0.15, -0.1) is 0 Å². The number of carbonyl (C=O) groups is 2. The van der Waals surface area contributed by atoms with Crippen molar-refractivity contribution in [3.05, 3.63) is 65.9 Å². The Hall–Kier alpha value is -3.12. The number of benzene rings is 2. The van der Waals surface area contributed by atoms with Crippen molar-refractivity contribution in [1.29, 1.82) is 0 Å². The molecule has 1 unspecified atom stereocenters. The van der Waals surface area contributed by atoms with Gasteiger partial charge in [-0.3, -0.25) is 9.69 Å². The van der Waals surface area contributed by atoms with Gasteiger partial charge in [-0.05, 0) is 37.3 Å². The second kappa shape index (κ2) is 8.09. The van der Waals surface area contributed by atoms with Crippen LogP contribution < -0.4 is 4.90 Å². The number of Topliss-reactive ketones (excluding diaryl/α,β-unsaturated/α-hetero) is 1. The first kappa shape index (κ1) is 19.2. The molecule has 0 radical (unpaired) electrons. The van der Waals surface area contributed by atoms with E-state index >= 15 is 0 Å². The number of para-hydroxylation sites is 1. The van der Waals surface area contributed by atoms with Gasteiger partial charge in [0.1, 0.15) is 0 Å². The van der Waals surface area contributed by atoms with Gasteiger partial charge in [-0.1, -0.05) is 18.2 Å². The van der Waals surface area contributed by atoms with Gasteiger partial charge < -0.3 is 14.6 Å². The first-order valence-corrected chi connectivity index (χ1v) is 9.83. The molecule has 2 aromatic carbocycles. The summed E-state index contributed by atoms with van der Waals surface area (Å²) in [5.41, 5.74) is 3.37. The minimum absolute atomic E-state index is 0.144. The molecule has 0 amide bonds. The number of aromatic nitrogens is 1. The summed E-state index contributed by atoms with van der Waals surface area (Å²) >= 11 is 0. The highest BCUT2D eigenvalue weighted by molar-refractivity contribution is 6.08. The molecule has 1 N–H and O–H groups in total. The lowest BCUT2D eigenvalue weighted by atomic mass is 10.1. The molecule has 0 aliphatic carbocycles. The van der Waals surface area contributed by atoms with Crippen molar-refractivity contribution in [2.24, 2.45) is 0 Å². The van der Waals surface area contributed by atoms with Crippen LogP contribution >= 0.6 is 0 Å². The summed E-state index contributed by atoms with van der Waals surface area (Å²) in [5.74, 6) is -0.185. The molecule has 29 heavy (non-hydrogen) atoms. The van der Waals surface area contributed by atoms with Crippen LogP contribution in [0, 0.1) is 0 Å². The second-order valence-electron chi connectivity index (χ2n) is 7.48. The number of piperazine rings is 1. The van der Waals surface area contributed by atoms with Crippen LogP contribution in [0.25, 0.3) is 10.9 Å². The van der Waals surface area contributed by atoms with Gasteiger partial charge in [0.05, 0.1) is 19.2 Å². The van der Waals surface area contributed by atoms with Crippen molar-refractivity contribution < 1.29 is 14.3 Å². The fourth-order valence-corrected chi connectivity index (χ4v) is 3.96. The number of fused-ring (bicyclic) bond motifs is 1. The van der Waals surface area contributed by atoms with Crippen LogP contribution in [0.15, 0.2) is 54.7 Å². The van der Waals surface area contributed by atoms with E-state index in [1.807, 2.05) is 42.6 Å². The maximum Gasteiger partial charge on any atom is 0.337 e. The molecule has 150 valence electrons. The smallest absolute Gasteiger partial charge is 0.337 e. The molecule has 1 aliphatic rings. The van der Waals surface area contributed by atoms with Crippen molar-refractivity contribution in [2.45, 2.75) is 13.0 Å². The van der Waals surface area contributed by atoms with Gasteiger partial charge in [-0.25, -0.2) is 4.79 Å². The zero-order chi connectivity index (χ0) is 20.4. The predicted octanol–water partition coefficient (Wildman–Crippen LogP) is 3.35. The molecule has 3 aromatic rings. The standard InChI is InChI=1S/C23H25N3O3/c1-16-14-26(18-9-7-17(8-10-18)23(28)29-2)12-11-25(16)15-22(27)20-13-24-21-6-4-3-5-19(20)21/h3-10,13,16,24H,11-12,14-15H2,1-2H3. The Kier molecular flexibility index (Phi) is 5.36. The van der Waals surface area contributed by atoms with E-state index in [0.717, 1.165) is 41.8 Å². The molecule has 1 aliphatic heterocycles. The zero-order valence-corrected chi connectivity index (χ0v) is 16.7. The highest BCUT2D eigenvalue weighted by Crippen LogP contribution is 2.22. The van der Waals surface area contributed by atoms with E-state index < -0.39 is 0 Å². The highest BCUT2D eigenvalue weighted by atomic mass is 16.5. The molecule has 4 rings (SSSR count). The molecule has 1 fully saturated rings. The van der Waals surface area contributed by atoms with Crippen LogP contribution in [0.4, 0.5) is 5.69 Å². The summed E-state index contributed by atoms with van der Waals surface area (Å²) in [6, 6.07) is 15.6. The Bertz CT molecular complexity index is 1030. The number of esters is 1. The Labute approximate surface area is 170 Å². The quantitative estimate of drug-likeness (QED) is 0.534. The molecule has 2 heterocycles. The first-order valence-electron chi connectivity index (χ1n) is 9.83. The number of hydrogen-bond donors (Lipinski definition) is 1. The van der Waals surface area contributed by atoms with E-state index in [-0.39, 0.29) is 17.8 Å². The number of ketones is 1. The SMILES string of the molecule is COC(=O)c1ccc(N2CCN(CC(=O)c3c[nH]c4ccccc34)C(C)C2)cc1.